The van der Waals surface area contributed by atoms with Crippen molar-refractivity contribution in [2.45, 2.75) is 45.4 Å². The summed E-state index contributed by atoms with van der Waals surface area (Å²) in [5.74, 6) is -0.522. The number of aromatic hydroxyl groups is 1. The molecule has 1 amide bonds. The molecule has 0 aromatic carbocycles. The number of carbonyl (C=O) groups excluding carboxylic acids is 2. The highest BCUT2D eigenvalue weighted by molar-refractivity contribution is 5.97. The molecule has 0 radical (unpaired) electrons. The van der Waals surface area contributed by atoms with Crippen LogP contribution in [-0.4, -0.2) is 24.1 Å². The van der Waals surface area contributed by atoms with Gasteiger partial charge in [-0.15, -0.1) is 0 Å². The summed E-state index contributed by atoms with van der Waals surface area (Å²) in [4.78, 5) is 34.5. The number of alkyl carbamates (subject to hydrolysis) is 1. The van der Waals surface area contributed by atoms with Crippen molar-refractivity contribution >= 4 is 11.9 Å². The summed E-state index contributed by atoms with van der Waals surface area (Å²) < 4.78 is 9.66. The molecule has 0 aliphatic heterocycles. The summed E-state index contributed by atoms with van der Waals surface area (Å²) in [6.07, 6.45) is 4.78. The first kappa shape index (κ1) is 19.5. The van der Waals surface area contributed by atoms with Crippen LogP contribution in [-0.2, 0) is 4.74 Å². The van der Waals surface area contributed by atoms with Gasteiger partial charge in [0.1, 0.15) is 17.1 Å². The normalized spacial score (nSPS) is 12.1. The van der Waals surface area contributed by atoms with Gasteiger partial charge in [-0.1, -0.05) is 19.9 Å². The number of hydrogen-bond acceptors (Lipinski definition) is 6. The number of hydrogen-bond donors (Lipinski definition) is 2. The maximum absolute atomic E-state index is 11.9. The van der Waals surface area contributed by atoms with E-state index in [1.165, 1.54) is 19.4 Å². The Bertz CT molecular complexity index is 662. The minimum absolute atomic E-state index is 0.0860. The Morgan fingerprint density at radius 1 is 1.42 bits per heavy atom. The van der Waals surface area contributed by atoms with Crippen molar-refractivity contribution in [1.82, 2.24) is 5.32 Å². The van der Waals surface area contributed by atoms with Crippen LogP contribution in [0.25, 0.3) is 0 Å². The van der Waals surface area contributed by atoms with Gasteiger partial charge in [0.2, 0.25) is 0 Å². The number of carbonyl (C=O) groups is 2. The van der Waals surface area contributed by atoms with Crippen LogP contribution in [0.5, 0.6) is 5.75 Å². The third kappa shape index (κ3) is 5.26. The Balaban J connectivity index is 2.81. The largest absolute Gasteiger partial charge is 0.507 e. The van der Waals surface area contributed by atoms with Gasteiger partial charge in [-0.05, 0) is 19.3 Å². The maximum atomic E-state index is 11.9. The van der Waals surface area contributed by atoms with E-state index in [1.807, 2.05) is 6.92 Å². The van der Waals surface area contributed by atoms with Crippen LogP contribution in [0.4, 0.5) is 4.79 Å². The number of nitrogens with one attached hydrogen (secondary N) is 1. The van der Waals surface area contributed by atoms with Crippen molar-refractivity contribution in [3.8, 4) is 5.75 Å². The van der Waals surface area contributed by atoms with Gasteiger partial charge in [0.15, 0.2) is 5.78 Å². The van der Waals surface area contributed by atoms with E-state index < -0.39 is 17.5 Å². The molecule has 24 heavy (non-hydrogen) atoms. The topological polar surface area (TPSA) is 106 Å². The second-order valence-corrected chi connectivity index (χ2v) is 5.19. The second-order valence-electron chi connectivity index (χ2n) is 5.19. The van der Waals surface area contributed by atoms with Crippen molar-refractivity contribution in [2.24, 2.45) is 0 Å². The average molecular weight is 337 g/mol. The van der Waals surface area contributed by atoms with Gasteiger partial charge < -0.3 is 14.3 Å². The summed E-state index contributed by atoms with van der Waals surface area (Å²) >= 11 is 0. The van der Waals surface area contributed by atoms with Crippen LogP contribution in [0.15, 0.2) is 27.6 Å². The van der Waals surface area contributed by atoms with Gasteiger partial charge >= 0.3 is 11.7 Å². The second kappa shape index (κ2) is 9.54. The van der Waals surface area contributed by atoms with Gasteiger partial charge in [0.05, 0.1) is 7.11 Å². The zero-order valence-corrected chi connectivity index (χ0v) is 14.1. The highest BCUT2D eigenvalue weighted by atomic mass is 16.5. The molecule has 0 aliphatic carbocycles. The lowest BCUT2D eigenvalue weighted by atomic mass is 9.96. The zero-order chi connectivity index (χ0) is 18.1. The van der Waals surface area contributed by atoms with Crippen molar-refractivity contribution in [1.29, 1.82) is 0 Å². The number of rotatable bonds is 8. The molecule has 0 saturated carbocycles. The van der Waals surface area contributed by atoms with E-state index in [-0.39, 0.29) is 23.7 Å². The van der Waals surface area contributed by atoms with Crippen molar-refractivity contribution in [2.75, 3.05) is 7.11 Å². The fourth-order valence-corrected chi connectivity index (χ4v) is 2.25. The van der Waals surface area contributed by atoms with Crippen LogP contribution in [0.3, 0.4) is 0 Å². The third-order valence-corrected chi connectivity index (χ3v) is 3.63. The van der Waals surface area contributed by atoms with E-state index in [4.69, 9.17) is 4.42 Å². The summed E-state index contributed by atoms with van der Waals surface area (Å²) in [7, 11) is 1.28. The average Bonchev–Trinajstić information content (AvgIpc) is 2.56. The van der Waals surface area contributed by atoms with Crippen molar-refractivity contribution in [3.05, 3.63) is 40.1 Å². The summed E-state index contributed by atoms with van der Waals surface area (Å²) in [6, 6.07) is 1.34. The number of allylic oxidation sites excluding steroid dienone is 1. The van der Waals surface area contributed by atoms with Crippen LogP contribution < -0.4 is 10.9 Å². The van der Waals surface area contributed by atoms with Crippen LogP contribution in [0.1, 0.15) is 61.6 Å². The lowest BCUT2D eigenvalue weighted by molar-refractivity contribution is 0.0980. The fourth-order valence-electron chi connectivity index (χ4n) is 2.25. The molecular formula is C17H23NO6. The highest BCUT2D eigenvalue weighted by Gasteiger charge is 2.20. The fraction of sp³-hybridized carbons (Fsp3) is 0.471. The SMILES string of the molecule is CCC(=O)c1c(O)cc(C(CC)CC/C=C/NC(=O)OC)oc1=O. The van der Waals surface area contributed by atoms with Gasteiger partial charge in [0, 0.05) is 24.6 Å². The lowest BCUT2D eigenvalue weighted by Gasteiger charge is -2.13. The summed E-state index contributed by atoms with van der Waals surface area (Å²) in [5.41, 5.74) is -1.10. The Morgan fingerprint density at radius 2 is 2.12 bits per heavy atom. The molecule has 2 N–H and O–H groups in total. The molecule has 0 saturated heterocycles. The zero-order valence-electron chi connectivity index (χ0n) is 14.1. The number of methoxy groups -OCH3 is 1. The lowest BCUT2D eigenvalue weighted by Crippen LogP contribution is -2.16. The Kier molecular flexibility index (Phi) is 7.74. The standard InChI is InChI=1S/C17H23NO6/c1-4-11(8-6-7-9-18-17(22)23-3)14-10-13(20)15(12(19)5-2)16(21)24-14/h7,9-11,20H,4-6,8H2,1-3H3,(H,18,22)/b9-7+. The predicted octanol–water partition coefficient (Wildman–Crippen LogP) is 3.08. The molecule has 7 heteroatoms. The Labute approximate surface area is 140 Å². The summed E-state index contributed by atoms with van der Waals surface area (Å²) in [5, 5.41) is 12.4. The molecule has 0 aliphatic rings. The van der Waals surface area contributed by atoms with E-state index in [9.17, 15) is 19.5 Å². The minimum atomic E-state index is -0.807. The van der Waals surface area contributed by atoms with E-state index in [1.54, 1.807) is 13.0 Å². The van der Waals surface area contributed by atoms with Crippen LogP contribution in [0.2, 0.25) is 0 Å². The molecule has 1 heterocycles. The molecule has 0 spiro atoms. The molecule has 0 fully saturated rings. The molecule has 1 aromatic heterocycles. The first-order valence-corrected chi connectivity index (χ1v) is 7.84. The molecule has 1 aromatic rings. The van der Waals surface area contributed by atoms with E-state index in [0.717, 1.165) is 0 Å². The van der Waals surface area contributed by atoms with Crippen LogP contribution >= 0.6 is 0 Å². The molecule has 7 nitrogen and oxygen atoms in total. The van der Waals surface area contributed by atoms with Gasteiger partial charge in [-0.3, -0.25) is 10.1 Å². The van der Waals surface area contributed by atoms with Crippen molar-refractivity contribution < 1.29 is 23.8 Å². The maximum Gasteiger partial charge on any atom is 0.410 e. The number of ketones is 1. The predicted molar refractivity (Wildman–Crippen MR) is 88.2 cm³/mol. The molecular weight excluding hydrogens is 314 g/mol. The van der Waals surface area contributed by atoms with Gasteiger partial charge in [-0.25, -0.2) is 9.59 Å². The monoisotopic (exact) mass is 337 g/mol. The minimum Gasteiger partial charge on any atom is -0.507 e. The summed E-state index contributed by atoms with van der Waals surface area (Å²) in [6.45, 7) is 3.54. The third-order valence-electron chi connectivity index (χ3n) is 3.63. The molecule has 0 bridgehead atoms. The highest BCUT2D eigenvalue weighted by Crippen LogP contribution is 2.28. The quantitative estimate of drug-likeness (QED) is 0.706. The number of ether oxygens (including phenoxy) is 1. The van der Waals surface area contributed by atoms with E-state index in [2.05, 4.69) is 10.1 Å². The smallest absolute Gasteiger partial charge is 0.410 e. The van der Waals surface area contributed by atoms with E-state index >= 15 is 0 Å². The number of amides is 1. The van der Waals surface area contributed by atoms with E-state index in [0.29, 0.717) is 25.0 Å². The van der Waals surface area contributed by atoms with Crippen LogP contribution in [0, 0.1) is 0 Å². The molecule has 1 unspecified atom stereocenters. The first-order valence-electron chi connectivity index (χ1n) is 7.84. The molecule has 1 rings (SSSR count). The van der Waals surface area contributed by atoms with Crippen molar-refractivity contribution in [3.63, 3.8) is 0 Å². The Hall–Kier alpha value is -2.57. The molecule has 132 valence electrons. The number of Topliss-reactive ketones (excluding diaryl/α,β-unsaturated/α-hetero) is 1. The van der Waals surface area contributed by atoms with Gasteiger partial charge in [-0.2, -0.15) is 0 Å². The molecule has 1 atom stereocenters. The first-order chi connectivity index (χ1) is 11.4. The Morgan fingerprint density at radius 3 is 2.67 bits per heavy atom. The van der Waals surface area contributed by atoms with Gasteiger partial charge in [0.25, 0.3) is 0 Å².